The van der Waals surface area contributed by atoms with E-state index in [1.165, 1.54) is 17.7 Å². The molecule has 124 valence electrons. The molecule has 8 nitrogen and oxygen atoms in total. The summed E-state index contributed by atoms with van der Waals surface area (Å²) in [5.74, 6) is 1.13. The van der Waals surface area contributed by atoms with Crippen LogP contribution in [0.2, 0.25) is 0 Å². The number of hydrogen-bond donors (Lipinski definition) is 2. The number of hydrogen-bond acceptors (Lipinski definition) is 6. The predicted molar refractivity (Wildman–Crippen MR) is 86.9 cm³/mol. The van der Waals surface area contributed by atoms with Crippen molar-refractivity contribution in [3.63, 3.8) is 0 Å². The number of rotatable bonds is 3. The molecule has 1 unspecified atom stereocenters. The van der Waals surface area contributed by atoms with Crippen LogP contribution in [0.25, 0.3) is 10.9 Å². The van der Waals surface area contributed by atoms with Gasteiger partial charge in [0.2, 0.25) is 11.3 Å². The van der Waals surface area contributed by atoms with Crippen molar-refractivity contribution in [3.8, 4) is 11.5 Å². The normalized spacial score (nSPS) is 17.9. The van der Waals surface area contributed by atoms with E-state index in [9.17, 15) is 13.9 Å². The van der Waals surface area contributed by atoms with Gasteiger partial charge < -0.3 is 14.7 Å². The fraction of sp³-hybridized carbons (Fsp3) is 0.429. The topological polar surface area (TPSA) is 99.0 Å². The van der Waals surface area contributed by atoms with Crippen LogP contribution in [0, 0.1) is 0 Å². The van der Waals surface area contributed by atoms with E-state index in [0.717, 1.165) is 24.2 Å². The van der Waals surface area contributed by atoms with E-state index in [4.69, 9.17) is 4.74 Å². The highest BCUT2D eigenvalue weighted by molar-refractivity contribution is 7.76. The highest BCUT2D eigenvalue weighted by atomic mass is 32.2. The Bertz CT molecular complexity index is 742. The molecule has 2 N–H and O–H groups in total. The van der Waals surface area contributed by atoms with Crippen LogP contribution in [-0.2, 0) is 11.3 Å². The van der Waals surface area contributed by atoms with Gasteiger partial charge in [0.15, 0.2) is 11.5 Å². The summed E-state index contributed by atoms with van der Waals surface area (Å²) in [6, 6.07) is 3.26. The molecule has 1 atom stereocenters. The van der Waals surface area contributed by atoms with Crippen LogP contribution >= 0.6 is 0 Å². The second-order valence-electron chi connectivity index (χ2n) is 5.24. The van der Waals surface area contributed by atoms with Gasteiger partial charge in [0.1, 0.15) is 12.1 Å². The average Bonchev–Trinajstić information content (AvgIpc) is 2.79. The zero-order valence-corrected chi connectivity index (χ0v) is 13.5. The molecule has 2 aromatic rings. The lowest BCUT2D eigenvalue weighted by molar-refractivity contribution is 0.374. The molecule has 0 aliphatic carbocycles. The Balaban J connectivity index is 1.97. The minimum absolute atomic E-state index is 0.0300. The third kappa shape index (κ3) is 3.21. The third-order valence-corrected chi connectivity index (χ3v) is 4.70. The molecule has 2 heterocycles. The molecule has 0 bridgehead atoms. The first-order valence-corrected chi connectivity index (χ1v) is 8.29. The predicted octanol–water partition coefficient (Wildman–Crippen LogP) is 0.993. The molecule has 0 amide bonds. The number of methoxy groups -OCH3 is 1. The van der Waals surface area contributed by atoms with Gasteiger partial charge in [-0.2, -0.15) is 4.31 Å². The molecule has 1 aliphatic heterocycles. The number of phenols is 1. The van der Waals surface area contributed by atoms with Crippen LogP contribution in [-0.4, -0.2) is 61.4 Å². The van der Waals surface area contributed by atoms with Crippen LogP contribution in [0.1, 0.15) is 6.42 Å². The Hall–Kier alpha value is -1.97. The minimum atomic E-state index is -1.95. The quantitative estimate of drug-likeness (QED) is 0.805. The van der Waals surface area contributed by atoms with E-state index in [1.807, 2.05) is 0 Å². The van der Waals surface area contributed by atoms with Crippen molar-refractivity contribution in [2.75, 3.05) is 38.2 Å². The van der Waals surface area contributed by atoms with Crippen molar-refractivity contribution in [3.05, 3.63) is 18.5 Å². The van der Waals surface area contributed by atoms with Gasteiger partial charge in [0.05, 0.1) is 12.6 Å². The molecule has 0 saturated carbocycles. The van der Waals surface area contributed by atoms with E-state index in [2.05, 4.69) is 14.9 Å². The van der Waals surface area contributed by atoms with Crippen LogP contribution in [0.4, 0.5) is 5.82 Å². The summed E-state index contributed by atoms with van der Waals surface area (Å²) < 4.78 is 27.2. The Morgan fingerprint density at radius 2 is 2.04 bits per heavy atom. The Kier molecular flexibility index (Phi) is 4.60. The van der Waals surface area contributed by atoms with Gasteiger partial charge in [-0.05, 0) is 12.5 Å². The fourth-order valence-electron chi connectivity index (χ4n) is 2.74. The molecule has 3 rings (SSSR count). The Morgan fingerprint density at radius 1 is 1.22 bits per heavy atom. The summed E-state index contributed by atoms with van der Waals surface area (Å²) in [7, 11) is 1.49. The summed E-state index contributed by atoms with van der Waals surface area (Å²) in [6.45, 7) is 2.35. The molecular formula is C14H18N4O4S. The highest BCUT2D eigenvalue weighted by Crippen LogP contribution is 2.34. The average molecular weight is 338 g/mol. The van der Waals surface area contributed by atoms with E-state index in [1.54, 1.807) is 12.1 Å². The Labute approximate surface area is 136 Å². The fourth-order valence-corrected chi connectivity index (χ4v) is 3.26. The van der Waals surface area contributed by atoms with Crippen molar-refractivity contribution < 1.29 is 18.6 Å². The second kappa shape index (κ2) is 6.65. The van der Waals surface area contributed by atoms with E-state index in [-0.39, 0.29) is 5.75 Å². The molecule has 9 heteroatoms. The van der Waals surface area contributed by atoms with Gasteiger partial charge in [-0.3, -0.25) is 4.55 Å². The minimum Gasteiger partial charge on any atom is -0.504 e. The highest BCUT2D eigenvalue weighted by Gasteiger charge is 2.21. The zero-order chi connectivity index (χ0) is 16.4. The van der Waals surface area contributed by atoms with Crippen LogP contribution in [0.5, 0.6) is 11.5 Å². The molecule has 23 heavy (non-hydrogen) atoms. The largest absolute Gasteiger partial charge is 0.504 e. The van der Waals surface area contributed by atoms with Gasteiger partial charge in [0, 0.05) is 37.6 Å². The molecule has 1 aromatic carbocycles. The SMILES string of the molecule is COc1cc2c(N3CCCN(S(=O)O)CC3)ncnc2cc1O. The van der Waals surface area contributed by atoms with Gasteiger partial charge in [-0.25, -0.2) is 14.2 Å². The van der Waals surface area contributed by atoms with Crippen molar-refractivity contribution in [2.24, 2.45) is 0 Å². The number of ether oxygens (including phenoxy) is 1. The van der Waals surface area contributed by atoms with Crippen LogP contribution in [0.3, 0.4) is 0 Å². The van der Waals surface area contributed by atoms with Gasteiger partial charge in [0.25, 0.3) is 0 Å². The number of phenolic OH excluding ortho intramolecular Hbond substituents is 1. The number of benzene rings is 1. The summed E-state index contributed by atoms with van der Waals surface area (Å²) in [5, 5.41) is 10.7. The molecule has 1 fully saturated rings. The van der Waals surface area contributed by atoms with E-state index >= 15 is 0 Å². The first-order valence-electron chi connectivity index (χ1n) is 7.22. The van der Waals surface area contributed by atoms with Gasteiger partial charge in [-0.1, -0.05) is 0 Å². The van der Waals surface area contributed by atoms with Crippen LogP contribution in [0.15, 0.2) is 18.5 Å². The van der Waals surface area contributed by atoms with E-state index < -0.39 is 11.3 Å². The number of aromatic nitrogens is 2. The van der Waals surface area contributed by atoms with Gasteiger partial charge in [-0.15, -0.1) is 0 Å². The summed E-state index contributed by atoms with van der Waals surface area (Å²) in [5.41, 5.74) is 0.625. The smallest absolute Gasteiger partial charge is 0.234 e. The first-order chi connectivity index (χ1) is 11.1. The summed E-state index contributed by atoms with van der Waals surface area (Å²) >= 11 is -1.95. The number of nitrogens with zero attached hydrogens (tertiary/aromatic N) is 4. The number of fused-ring (bicyclic) bond motifs is 1. The lowest BCUT2D eigenvalue weighted by Gasteiger charge is -2.23. The maximum absolute atomic E-state index is 11.2. The van der Waals surface area contributed by atoms with Crippen molar-refractivity contribution in [1.29, 1.82) is 0 Å². The second-order valence-corrected chi connectivity index (χ2v) is 6.22. The van der Waals surface area contributed by atoms with Crippen molar-refractivity contribution in [2.45, 2.75) is 6.42 Å². The van der Waals surface area contributed by atoms with Crippen molar-refractivity contribution >= 4 is 28.0 Å². The van der Waals surface area contributed by atoms with Crippen LogP contribution < -0.4 is 9.64 Å². The lowest BCUT2D eigenvalue weighted by Crippen LogP contribution is -2.32. The maximum atomic E-state index is 11.2. The van der Waals surface area contributed by atoms with Crippen molar-refractivity contribution in [1.82, 2.24) is 14.3 Å². The van der Waals surface area contributed by atoms with Gasteiger partial charge >= 0.3 is 0 Å². The number of aromatic hydroxyl groups is 1. The zero-order valence-electron chi connectivity index (χ0n) is 12.7. The molecule has 0 radical (unpaired) electrons. The Morgan fingerprint density at radius 3 is 2.78 bits per heavy atom. The maximum Gasteiger partial charge on any atom is 0.234 e. The standard InChI is InChI=1S/C14H18N4O4S/c1-22-13-7-10-11(8-12(13)19)15-9-16-14(10)17-3-2-4-18(6-5-17)23(20)21/h7-9,19H,2-6H2,1H3,(H,20,21). The monoisotopic (exact) mass is 338 g/mol. The number of anilines is 1. The van der Waals surface area contributed by atoms with E-state index in [0.29, 0.717) is 30.9 Å². The summed E-state index contributed by atoms with van der Waals surface area (Å²) in [4.78, 5) is 10.6. The molecule has 1 saturated heterocycles. The third-order valence-electron chi connectivity index (χ3n) is 3.89. The molecular weight excluding hydrogens is 320 g/mol. The molecule has 1 aromatic heterocycles. The first kappa shape index (κ1) is 15.9. The molecule has 0 spiro atoms. The lowest BCUT2D eigenvalue weighted by atomic mass is 10.2. The molecule has 1 aliphatic rings. The summed E-state index contributed by atoms with van der Waals surface area (Å²) in [6.07, 6.45) is 2.21.